The lowest BCUT2D eigenvalue weighted by Gasteiger charge is -2.03. The van der Waals surface area contributed by atoms with Gasteiger partial charge in [0.2, 0.25) is 5.95 Å². The first-order valence-electron chi connectivity index (χ1n) is 7.07. The lowest BCUT2D eigenvalue weighted by molar-refractivity contribution is 0.0696. The molecular weight excluding hydrogens is 298 g/mol. The van der Waals surface area contributed by atoms with Crippen LogP contribution in [-0.2, 0) is 6.54 Å². The number of benzene rings is 1. The monoisotopic (exact) mass is 313 g/mol. The summed E-state index contributed by atoms with van der Waals surface area (Å²) in [6.45, 7) is 4.30. The van der Waals surface area contributed by atoms with E-state index in [1.807, 2.05) is 13.8 Å². The van der Waals surface area contributed by atoms with Gasteiger partial charge in [-0.2, -0.15) is 5.10 Å². The highest BCUT2D eigenvalue weighted by Crippen LogP contribution is 2.17. The van der Waals surface area contributed by atoms with Crippen molar-refractivity contribution in [3.63, 3.8) is 0 Å². The van der Waals surface area contributed by atoms with Gasteiger partial charge in [0.05, 0.1) is 22.3 Å². The molecule has 23 heavy (non-hydrogen) atoms. The van der Waals surface area contributed by atoms with Crippen molar-refractivity contribution in [3.8, 4) is 0 Å². The van der Waals surface area contributed by atoms with Gasteiger partial charge in [0.1, 0.15) is 5.69 Å². The number of hydrogen-bond donors (Lipinski definition) is 3. The number of amides is 1. The highest BCUT2D eigenvalue weighted by atomic mass is 16.4. The minimum absolute atomic E-state index is 0.152. The van der Waals surface area contributed by atoms with E-state index in [0.717, 1.165) is 5.69 Å². The number of fused-ring (bicyclic) bond motifs is 1. The van der Waals surface area contributed by atoms with E-state index in [9.17, 15) is 9.59 Å². The van der Waals surface area contributed by atoms with E-state index in [0.29, 0.717) is 23.3 Å². The first kappa shape index (κ1) is 14.8. The fourth-order valence-corrected chi connectivity index (χ4v) is 2.34. The third-order valence-corrected chi connectivity index (χ3v) is 3.40. The predicted molar refractivity (Wildman–Crippen MR) is 83.6 cm³/mol. The molecule has 8 heteroatoms. The van der Waals surface area contributed by atoms with Gasteiger partial charge in [-0.25, -0.2) is 9.78 Å². The number of nitrogens with zero attached hydrogens (tertiary/aromatic N) is 3. The van der Waals surface area contributed by atoms with Crippen molar-refractivity contribution in [1.82, 2.24) is 19.7 Å². The minimum atomic E-state index is -1.02. The number of aromatic amines is 1. The van der Waals surface area contributed by atoms with Gasteiger partial charge < -0.3 is 10.1 Å². The summed E-state index contributed by atoms with van der Waals surface area (Å²) < 4.78 is 1.61. The molecule has 0 saturated carbocycles. The van der Waals surface area contributed by atoms with Crippen molar-refractivity contribution in [3.05, 3.63) is 41.2 Å². The zero-order valence-corrected chi connectivity index (χ0v) is 12.6. The van der Waals surface area contributed by atoms with E-state index in [-0.39, 0.29) is 17.4 Å². The zero-order chi connectivity index (χ0) is 16.6. The van der Waals surface area contributed by atoms with Crippen molar-refractivity contribution in [2.75, 3.05) is 5.32 Å². The topological polar surface area (TPSA) is 113 Å². The largest absolute Gasteiger partial charge is 0.478 e. The van der Waals surface area contributed by atoms with Gasteiger partial charge in [0, 0.05) is 6.54 Å². The summed E-state index contributed by atoms with van der Waals surface area (Å²) >= 11 is 0. The van der Waals surface area contributed by atoms with Crippen LogP contribution in [0.5, 0.6) is 0 Å². The second kappa shape index (κ2) is 5.56. The van der Waals surface area contributed by atoms with Crippen molar-refractivity contribution in [2.45, 2.75) is 20.4 Å². The molecule has 118 valence electrons. The van der Waals surface area contributed by atoms with E-state index in [1.165, 1.54) is 12.1 Å². The Kier molecular flexibility index (Phi) is 3.57. The maximum Gasteiger partial charge on any atom is 0.335 e. The number of aromatic nitrogens is 4. The predicted octanol–water partition coefficient (Wildman–Crippen LogP) is 2.04. The molecule has 3 rings (SSSR count). The Labute approximate surface area is 131 Å². The second-order valence-electron chi connectivity index (χ2n) is 5.06. The molecule has 0 aliphatic carbocycles. The number of aryl methyl sites for hydroxylation is 2. The molecule has 3 N–H and O–H groups in total. The lowest BCUT2D eigenvalue weighted by atomic mass is 10.2. The van der Waals surface area contributed by atoms with E-state index < -0.39 is 5.97 Å². The average Bonchev–Trinajstić information content (AvgIpc) is 3.08. The maximum absolute atomic E-state index is 12.3. The van der Waals surface area contributed by atoms with E-state index in [4.69, 9.17) is 5.11 Å². The molecular formula is C15H15N5O3. The van der Waals surface area contributed by atoms with Gasteiger partial charge in [-0.05, 0) is 38.1 Å². The number of anilines is 1. The molecule has 1 aromatic carbocycles. The van der Waals surface area contributed by atoms with Gasteiger partial charge in [-0.15, -0.1) is 0 Å². The second-order valence-corrected chi connectivity index (χ2v) is 5.06. The van der Waals surface area contributed by atoms with Crippen molar-refractivity contribution >= 4 is 28.9 Å². The Morgan fingerprint density at radius 1 is 1.35 bits per heavy atom. The molecule has 0 fully saturated rings. The number of carboxylic acids is 1. The Morgan fingerprint density at radius 3 is 2.83 bits per heavy atom. The van der Waals surface area contributed by atoms with Crippen molar-refractivity contribution < 1.29 is 14.7 Å². The molecule has 0 aliphatic rings. The SMILES string of the molecule is CCn1nc(C)cc1C(=O)Nc1nc2ccc(C(=O)O)cc2[nH]1. The maximum atomic E-state index is 12.3. The van der Waals surface area contributed by atoms with Crippen LogP contribution in [0.25, 0.3) is 11.0 Å². The molecule has 0 atom stereocenters. The molecule has 0 radical (unpaired) electrons. The van der Waals surface area contributed by atoms with Gasteiger partial charge in [-0.1, -0.05) is 0 Å². The Morgan fingerprint density at radius 2 is 2.13 bits per heavy atom. The normalized spacial score (nSPS) is 10.9. The van der Waals surface area contributed by atoms with Crippen LogP contribution in [0.15, 0.2) is 24.3 Å². The highest BCUT2D eigenvalue weighted by Gasteiger charge is 2.15. The molecule has 0 aliphatic heterocycles. The number of imidazole rings is 1. The number of carbonyl (C=O) groups is 2. The quantitative estimate of drug-likeness (QED) is 0.682. The van der Waals surface area contributed by atoms with Crippen LogP contribution in [0.2, 0.25) is 0 Å². The number of carbonyl (C=O) groups excluding carboxylic acids is 1. The Hall–Kier alpha value is -3.16. The fourth-order valence-electron chi connectivity index (χ4n) is 2.34. The number of hydrogen-bond acceptors (Lipinski definition) is 4. The molecule has 2 aromatic heterocycles. The Bertz CT molecular complexity index is 909. The fraction of sp³-hybridized carbons (Fsp3) is 0.200. The van der Waals surface area contributed by atoms with Gasteiger partial charge in [0.15, 0.2) is 0 Å². The van der Waals surface area contributed by atoms with Crippen LogP contribution in [0.4, 0.5) is 5.95 Å². The number of rotatable bonds is 4. The molecule has 2 heterocycles. The number of H-pyrrole nitrogens is 1. The van der Waals surface area contributed by atoms with E-state index >= 15 is 0 Å². The van der Waals surface area contributed by atoms with Crippen LogP contribution in [0, 0.1) is 6.92 Å². The van der Waals surface area contributed by atoms with Crippen LogP contribution in [-0.4, -0.2) is 36.7 Å². The summed E-state index contributed by atoms with van der Waals surface area (Å²) in [6, 6.07) is 6.22. The van der Waals surface area contributed by atoms with Crippen LogP contribution in [0.1, 0.15) is 33.5 Å². The summed E-state index contributed by atoms with van der Waals surface area (Å²) in [6.07, 6.45) is 0. The summed E-state index contributed by atoms with van der Waals surface area (Å²) in [4.78, 5) is 30.4. The number of carboxylic acid groups (broad SMARTS) is 1. The first-order chi connectivity index (χ1) is 11.0. The van der Waals surface area contributed by atoms with Gasteiger partial charge in [0.25, 0.3) is 5.91 Å². The van der Waals surface area contributed by atoms with Gasteiger partial charge >= 0.3 is 5.97 Å². The zero-order valence-electron chi connectivity index (χ0n) is 12.6. The molecule has 0 unspecified atom stereocenters. The van der Waals surface area contributed by atoms with Crippen molar-refractivity contribution in [1.29, 1.82) is 0 Å². The summed E-state index contributed by atoms with van der Waals surface area (Å²) in [7, 11) is 0. The van der Waals surface area contributed by atoms with E-state index in [2.05, 4.69) is 20.4 Å². The van der Waals surface area contributed by atoms with E-state index in [1.54, 1.807) is 16.8 Å². The molecule has 8 nitrogen and oxygen atoms in total. The summed E-state index contributed by atoms with van der Waals surface area (Å²) in [5, 5.41) is 15.9. The summed E-state index contributed by atoms with van der Waals surface area (Å²) in [5.41, 5.74) is 2.47. The molecule has 0 saturated heterocycles. The summed E-state index contributed by atoms with van der Waals surface area (Å²) in [5.74, 6) is -1.09. The number of aromatic carboxylic acids is 1. The van der Waals surface area contributed by atoms with Crippen LogP contribution < -0.4 is 5.32 Å². The third-order valence-electron chi connectivity index (χ3n) is 3.40. The molecule has 0 spiro atoms. The van der Waals surface area contributed by atoms with Crippen molar-refractivity contribution in [2.24, 2.45) is 0 Å². The standard InChI is InChI=1S/C15H15N5O3/c1-3-20-12(6-8(2)19-20)13(21)18-15-16-10-5-4-9(14(22)23)7-11(10)17-15/h4-7H,3H2,1-2H3,(H,22,23)(H2,16,17,18,21). The minimum Gasteiger partial charge on any atom is -0.478 e. The first-order valence-corrected chi connectivity index (χ1v) is 7.07. The smallest absolute Gasteiger partial charge is 0.335 e. The van der Waals surface area contributed by atoms with Crippen LogP contribution in [0.3, 0.4) is 0 Å². The lowest BCUT2D eigenvalue weighted by Crippen LogP contribution is -2.18. The highest BCUT2D eigenvalue weighted by molar-refractivity contribution is 6.03. The van der Waals surface area contributed by atoms with Crippen LogP contribution >= 0.6 is 0 Å². The Balaban J connectivity index is 1.88. The molecule has 0 bridgehead atoms. The molecule has 1 amide bonds. The molecule has 3 aromatic rings. The third kappa shape index (κ3) is 2.78. The van der Waals surface area contributed by atoms with Gasteiger partial charge in [-0.3, -0.25) is 14.8 Å². The number of nitrogens with one attached hydrogen (secondary N) is 2. The average molecular weight is 313 g/mol.